The van der Waals surface area contributed by atoms with Crippen LogP contribution in [-0.2, 0) is 19.2 Å². The van der Waals surface area contributed by atoms with Gasteiger partial charge in [0.15, 0.2) is 6.04 Å². The van der Waals surface area contributed by atoms with Gasteiger partial charge in [0.25, 0.3) is 5.91 Å². The first-order chi connectivity index (χ1) is 7.73. The van der Waals surface area contributed by atoms with Gasteiger partial charge < -0.3 is 40.8 Å². The maximum Gasteiger partial charge on any atom is 0.279 e. The Hall–Kier alpha value is -2.16. The van der Waals surface area contributed by atoms with Crippen LogP contribution in [-0.4, -0.2) is 35.9 Å². The third kappa shape index (κ3) is 6.10. The van der Waals surface area contributed by atoms with Crippen molar-refractivity contribution in [3.05, 3.63) is 0 Å². The molecule has 0 saturated heterocycles. The van der Waals surface area contributed by atoms with Crippen LogP contribution in [0.2, 0.25) is 0 Å². The zero-order valence-corrected chi connectivity index (χ0v) is 8.63. The summed E-state index contributed by atoms with van der Waals surface area (Å²) in [5, 5.41) is 32.5. The van der Waals surface area contributed by atoms with Gasteiger partial charge in [-0.1, -0.05) is 0 Å². The first kappa shape index (κ1) is 14.8. The van der Waals surface area contributed by atoms with Gasteiger partial charge in [0.2, 0.25) is 0 Å². The molecular formula is C8H10N2O7-2. The summed E-state index contributed by atoms with van der Waals surface area (Å²) in [7, 11) is 0. The van der Waals surface area contributed by atoms with Gasteiger partial charge in [0, 0.05) is 24.8 Å². The third-order valence-electron chi connectivity index (χ3n) is 1.76. The van der Waals surface area contributed by atoms with Crippen molar-refractivity contribution in [3.8, 4) is 0 Å². The highest BCUT2D eigenvalue weighted by Crippen LogP contribution is 1.92. The number of amides is 1. The number of hydrogen-bond acceptors (Lipinski definition) is 7. The second-order valence-electron chi connectivity index (χ2n) is 3.23. The minimum Gasteiger partial charge on any atom is -0.550 e. The molecule has 0 aliphatic carbocycles. The lowest BCUT2D eigenvalue weighted by Crippen LogP contribution is -2.70. The summed E-state index contributed by atoms with van der Waals surface area (Å²) in [6.07, 6.45) is -1.69. The van der Waals surface area contributed by atoms with E-state index in [4.69, 9.17) is 0 Å². The normalized spacial score (nSPS) is 13.5. The van der Waals surface area contributed by atoms with E-state index in [-0.39, 0.29) is 0 Å². The lowest BCUT2D eigenvalue weighted by Gasteiger charge is -2.21. The van der Waals surface area contributed by atoms with Crippen LogP contribution >= 0.6 is 0 Å². The van der Waals surface area contributed by atoms with E-state index in [1.165, 1.54) is 0 Å². The van der Waals surface area contributed by atoms with Gasteiger partial charge in [-0.05, 0) is 0 Å². The monoisotopic (exact) mass is 246 g/mol. The number of carbonyl (C=O) groups is 4. The summed E-state index contributed by atoms with van der Waals surface area (Å²) in [5.41, 5.74) is 3.16. The summed E-state index contributed by atoms with van der Waals surface area (Å²) >= 11 is 0. The van der Waals surface area contributed by atoms with Gasteiger partial charge in [0.1, 0.15) is 0 Å². The number of hydrogen-bond donors (Lipinski definition) is 2. The van der Waals surface area contributed by atoms with Crippen LogP contribution in [0.1, 0.15) is 12.8 Å². The number of quaternary nitrogens is 1. The molecule has 0 heterocycles. The summed E-state index contributed by atoms with van der Waals surface area (Å²) in [6.45, 7) is 0. The maximum atomic E-state index is 11.2. The largest absolute Gasteiger partial charge is 0.550 e. The zero-order valence-electron chi connectivity index (χ0n) is 8.63. The average Bonchev–Trinajstić information content (AvgIpc) is 2.14. The van der Waals surface area contributed by atoms with E-state index in [0.29, 0.717) is 0 Å². The first-order valence-corrected chi connectivity index (χ1v) is 4.48. The van der Waals surface area contributed by atoms with Crippen LogP contribution in [0.4, 0.5) is 0 Å². The van der Waals surface area contributed by atoms with Crippen LogP contribution in [0.25, 0.3) is 0 Å². The number of carbonyl (C=O) groups excluding carboxylic acids is 4. The lowest BCUT2D eigenvalue weighted by atomic mass is 10.1. The quantitative estimate of drug-likeness (QED) is 0.448. The highest BCUT2D eigenvalue weighted by Gasteiger charge is 2.21. The van der Waals surface area contributed by atoms with E-state index in [0.717, 1.165) is 0 Å². The molecule has 0 aromatic rings. The first-order valence-electron chi connectivity index (χ1n) is 4.48. The van der Waals surface area contributed by atoms with Crippen molar-refractivity contribution in [1.29, 1.82) is 0 Å². The van der Waals surface area contributed by atoms with Crippen LogP contribution in [0.3, 0.4) is 0 Å². The zero-order chi connectivity index (χ0) is 13.6. The van der Waals surface area contributed by atoms with Gasteiger partial charge >= 0.3 is 0 Å². The van der Waals surface area contributed by atoms with E-state index in [2.05, 4.69) is 5.73 Å². The molecule has 2 unspecified atom stereocenters. The molecule has 2 atom stereocenters. The molecule has 0 fully saturated rings. The Morgan fingerprint density at radius 3 is 1.82 bits per heavy atom. The molecule has 0 radical (unpaired) electrons. The Kier molecular flexibility index (Phi) is 5.61. The topological polar surface area (TPSA) is 177 Å². The molecule has 0 spiro atoms. The van der Waals surface area contributed by atoms with Gasteiger partial charge in [-0.15, -0.1) is 0 Å². The van der Waals surface area contributed by atoms with Crippen molar-refractivity contribution >= 4 is 23.8 Å². The Morgan fingerprint density at radius 2 is 1.47 bits per heavy atom. The van der Waals surface area contributed by atoms with E-state index in [1.54, 1.807) is 5.32 Å². The van der Waals surface area contributed by atoms with E-state index in [9.17, 15) is 34.5 Å². The van der Waals surface area contributed by atoms with E-state index in [1.807, 2.05) is 0 Å². The fraction of sp³-hybridized carbons (Fsp3) is 0.500. The summed E-state index contributed by atoms with van der Waals surface area (Å²) < 4.78 is 0. The Labute approximate surface area is 95.2 Å². The molecule has 0 aromatic carbocycles. The molecule has 0 rings (SSSR count). The Morgan fingerprint density at radius 1 is 1.00 bits per heavy atom. The number of carboxylic acid groups (broad SMARTS) is 3. The van der Waals surface area contributed by atoms with Crippen molar-refractivity contribution in [3.63, 3.8) is 0 Å². The van der Waals surface area contributed by atoms with Gasteiger partial charge in [-0.2, -0.15) is 0 Å². The van der Waals surface area contributed by atoms with Crippen molar-refractivity contribution in [2.24, 2.45) is 0 Å². The molecule has 9 nitrogen and oxygen atoms in total. The number of carboxylic acids is 3. The Balaban J connectivity index is 4.44. The molecule has 0 bridgehead atoms. The molecule has 9 heteroatoms. The second-order valence-corrected chi connectivity index (χ2v) is 3.23. The fourth-order valence-electron chi connectivity index (χ4n) is 0.943. The van der Waals surface area contributed by atoms with Crippen molar-refractivity contribution in [2.75, 3.05) is 0 Å². The standard InChI is InChI=1S/C8H12N2O7/c9-3(1-5(11)12)7(15)10-4(8(16)17)2-6(13)14/h3-4H,1-2,9H2,(H,10,15)(H,11,12)(H,13,14)(H,16,17)/p-2. The van der Waals surface area contributed by atoms with Crippen molar-refractivity contribution in [1.82, 2.24) is 5.32 Å². The van der Waals surface area contributed by atoms with E-state index < -0.39 is 48.7 Å². The minimum atomic E-state index is -1.82. The average molecular weight is 246 g/mol. The smallest absolute Gasteiger partial charge is 0.279 e. The number of aliphatic carboxylic acids is 3. The highest BCUT2D eigenvalue weighted by molar-refractivity contribution is 5.89. The predicted octanol–water partition coefficient (Wildman–Crippen LogP) is -6.89. The van der Waals surface area contributed by atoms with Crippen LogP contribution in [0, 0.1) is 0 Å². The maximum absolute atomic E-state index is 11.2. The van der Waals surface area contributed by atoms with E-state index >= 15 is 0 Å². The molecular weight excluding hydrogens is 236 g/mol. The molecule has 4 N–H and O–H groups in total. The third-order valence-corrected chi connectivity index (χ3v) is 1.76. The molecule has 1 amide bonds. The highest BCUT2D eigenvalue weighted by atomic mass is 16.4. The summed E-state index contributed by atoms with van der Waals surface area (Å²) in [6, 6.07) is -3.08. The van der Waals surface area contributed by atoms with Crippen LogP contribution < -0.4 is 26.4 Å². The van der Waals surface area contributed by atoms with Crippen LogP contribution in [0.15, 0.2) is 0 Å². The second kappa shape index (κ2) is 6.43. The van der Waals surface area contributed by atoms with Crippen molar-refractivity contribution < 1.29 is 40.2 Å². The van der Waals surface area contributed by atoms with Gasteiger partial charge in [0.05, 0.1) is 12.0 Å². The SMILES string of the molecule is [NH3+]C(CC(=O)[O-])C(=O)NC(CC(=O)[O-])C(=O)[O-]. The summed E-state index contributed by atoms with van der Waals surface area (Å²) in [5.74, 6) is -6.07. The Bertz CT molecular complexity index is 341. The van der Waals surface area contributed by atoms with Crippen molar-refractivity contribution in [2.45, 2.75) is 24.9 Å². The number of nitrogens with one attached hydrogen (secondary N) is 1. The molecule has 0 aliphatic rings. The molecule has 0 aliphatic heterocycles. The van der Waals surface area contributed by atoms with Gasteiger partial charge in [-0.25, -0.2) is 0 Å². The minimum absolute atomic E-state index is 0.711. The molecule has 17 heavy (non-hydrogen) atoms. The lowest BCUT2D eigenvalue weighted by molar-refractivity contribution is -0.409. The van der Waals surface area contributed by atoms with Crippen LogP contribution in [0.5, 0.6) is 0 Å². The molecule has 0 saturated carbocycles. The fourth-order valence-corrected chi connectivity index (χ4v) is 0.943. The number of rotatable bonds is 7. The molecule has 0 aromatic heterocycles. The van der Waals surface area contributed by atoms with Gasteiger partial charge in [-0.3, -0.25) is 4.79 Å². The summed E-state index contributed by atoms with van der Waals surface area (Å²) in [4.78, 5) is 42.0. The predicted molar refractivity (Wildman–Crippen MR) is 42.9 cm³/mol. The molecule has 96 valence electrons.